The summed E-state index contributed by atoms with van der Waals surface area (Å²) in [7, 11) is 5.64. The number of likely N-dealkylation sites (N-methyl/N-ethyl adjacent to an activating group) is 1. The van der Waals surface area contributed by atoms with Crippen molar-refractivity contribution in [1.82, 2.24) is 15.5 Å². The molecule has 0 aliphatic heterocycles. The van der Waals surface area contributed by atoms with Gasteiger partial charge in [0.05, 0.1) is 13.2 Å². The van der Waals surface area contributed by atoms with Gasteiger partial charge in [0, 0.05) is 39.4 Å². The molecule has 0 aromatic heterocycles. The van der Waals surface area contributed by atoms with Crippen molar-refractivity contribution in [2.24, 2.45) is 4.99 Å². The average molecular weight is 365 g/mol. The zero-order chi connectivity index (χ0) is 19.2. The highest BCUT2D eigenvalue weighted by atomic mass is 16.5. The predicted molar refractivity (Wildman–Crippen MR) is 109 cm³/mol. The molecule has 148 valence electrons. The second-order valence-corrected chi connectivity index (χ2v) is 6.46. The number of aryl methyl sites for hydroxylation is 1. The van der Waals surface area contributed by atoms with Crippen molar-refractivity contribution in [2.75, 3.05) is 54.1 Å². The molecule has 0 spiro atoms. The molecule has 0 radical (unpaired) electrons. The van der Waals surface area contributed by atoms with Crippen LogP contribution in [0.4, 0.5) is 0 Å². The molecule has 6 heteroatoms. The highest BCUT2D eigenvalue weighted by molar-refractivity contribution is 5.79. The molecule has 1 aromatic carbocycles. The monoisotopic (exact) mass is 364 g/mol. The maximum Gasteiger partial charge on any atom is 0.191 e. The second-order valence-electron chi connectivity index (χ2n) is 6.46. The summed E-state index contributed by atoms with van der Waals surface area (Å²) in [5.41, 5.74) is 2.35. The molecule has 0 aliphatic rings. The maximum absolute atomic E-state index is 5.87. The Labute approximate surface area is 159 Å². The fourth-order valence-electron chi connectivity index (χ4n) is 2.47. The molecule has 0 unspecified atom stereocenters. The molecule has 6 nitrogen and oxygen atoms in total. The predicted octanol–water partition coefficient (Wildman–Crippen LogP) is 2.42. The Bertz CT molecular complexity index is 535. The van der Waals surface area contributed by atoms with Gasteiger partial charge in [-0.25, -0.2) is 0 Å². The Morgan fingerprint density at radius 2 is 2.00 bits per heavy atom. The number of hydrogen-bond acceptors (Lipinski definition) is 4. The average Bonchev–Trinajstić information content (AvgIpc) is 2.65. The van der Waals surface area contributed by atoms with Gasteiger partial charge in [-0.15, -0.1) is 0 Å². The summed E-state index contributed by atoms with van der Waals surface area (Å²) in [5, 5.41) is 6.73. The fourth-order valence-corrected chi connectivity index (χ4v) is 2.47. The third-order valence-electron chi connectivity index (χ3n) is 4.04. The van der Waals surface area contributed by atoms with Crippen LogP contribution in [0.15, 0.2) is 23.2 Å². The molecule has 1 rings (SSSR count). The standard InChI is InChI=1S/C20H36N4O2/c1-6-13-26-19-15-17(2)8-9-18(19)16-23-20(21-3)22-10-7-11-24(4)12-14-25-5/h8-9,15H,6-7,10-14,16H2,1-5H3,(H2,21,22,23). The maximum atomic E-state index is 5.87. The van der Waals surface area contributed by atoms with Gasteiger partial charge < -0.3 is 25.0 Å². The van der Waals surface area contributed by atoms with Crippen LogP contribution < -0.4 is 15.4 Å². The summed E-state index contributed by atoms with van der Waals surface area (Å²) in [6.07, 6.45) is 2.05. The minimum atomic E-state index is 0.687. The van der Waals surface area contributed by atoms with Crippen LogP contribution >= 0.6 is 0 Å². The lowest BCUT2D eigenvalue weighted by molar-refractivity contribution is 0.161. The van der Waals surface area contributed by atoms with Gasteiger partial charge in [0.25, 0.3) is 0 Å². The first-order chi connectivity index (χ1) is 12.6. The smallest absolute Gasteiger partial charge is 0.191 e. The third kappa shape index (κ3) is 9.06. The van der Waals surface area contributed by atoms with Gasteiger partial charge in [-0.2, -0.15) is 0 Å². The van der Waals surface area contributed by atoms with E-state index in [0.29, 0.717) is 6.54 Å². The molecule has 0 atom stereocenters. The first-order valence-corrected chi connectivity index (χ1v) is 9.45. The fraction of sp³-hybridized carbons (Fsp3) is 0.650. The number of ether oxygens (including phenoxy) is 2. The minimum absolute atomic E-state index is 0.687. The molecule has 2 N–H and O–H groups in total. The summed E-state index contributed by atoms with van der Waals surface area (Å²) in [5.74, 6) is 1.76. The molecule has 0 aliphatic carbocycles. The number of hydrogen-bond donors (Lipinski definition) is 2. The zero-order valence-electron chi connectivity index (χ0n) is 17.1. The van der Waals surface area contributed by atoms with E-state index in [9.17, 15) is 0 Å². The summed E-state index contributed by atoms with van der Waals surface area (Å²) < 4.78 is 11.0. The molecule has 0 saturated carbocycles. The van der Waals surface area contributed by atoms with Gasteiger partial charge in [0.15, 0.2) is 5.96 Å². The summed E-state index contributed by atoms with van der Waals surface area (Å²) in [6.45, 7) is 9.26. The number of nitrogens with zero attached hydrogens (tertiary/aromatic N) is 2. The van der Waals surface area contributed by atoms with Crippen molar-refractivity contribution in [3.63, 3.8) is 0 Å². The van der Waals surface area contributed by atoms with E-state index in [-0.39, 0.29) is 0 Å². The topological polar surface area (TPSA) is 58.1 Å². The van der Waals surface area contributed by atoms with Crippen LogP contribution in [-0.4, -0.2) is 64.9 Å². The van der Waals surface area contributed by atoms with Crippen molar-refractivity contribution in [1.29, 1.82) is 0 Å². The van der Waals surface area contributed by atoms with Crippen LogP contribution in [0.5, 0.6) is 5.75 Å². The normalized spacial score (nSPS) is 11.7. The molecule has 0 heterocycles. The summed E-state index contributed by atoms with van der Waals surface area (Å²) in [6, 6.07) is 6.33. The van der Waals surface area contributed by atoms with Crippen LogP contribution in [0, 0.1) is 6.92 Å². The van der Waals surface area contributed by atoms with E-state index in [0.717, 1.165) is 63.0 Å². The van der Waals surface area contributed by atoms with E-state index in [4.69, 9.17) is 9.47 Å². The van der Waals surface area contributed by atoms with Gasteiger partial charge in [-0.3, -0.25) is 4.99 Å². The Hall–Kier alpha value is -1.79. The molecular formula is C20H36N4O2. The Morgan fingerprint density at radius 1 is 1.19 bits per heavy atom. The molecule has 1 aromatic rings. The molecule has 0 bridgehead atoms. The van der Waals surface area contributed by atoms with Crippen LogP contribution in [-0.2, 0) is 11.3 Å². The van der Waals surface area contributed by atoms with Gasteiger partial charge in [0.1, 0.15) is 5.75 Å². The van der Waals surface area contributed by atoms with Gasteiger partial charge in [0.2, 0.25) is 0 Å². The van der Waals surface area contributed by atoms with Crippen LogP contribution in [0.2, 0.25) is 0 Å². The third-order valence-corrected chi connectivity index (χ3v) is 4.04. The van der Waals surface area contributed by atoms with Gasteiger partial charge in [-0.05, 0) is 45.0 Å². The number of guanidine groups is 1. The highest BCUT2D eigenvalue weighted by Gasteiger charge is 2.06. The van der Waals surface area contributed by atoms with Crippen LogP contribution in [0.1, 0.15) is 30.9 Å². The van der Waals surface area contributed by atoms with Gasteiger partial charge >= 0.3 is 0 Å². The Balaban J connectivity index is 2.40. The lowest BCUT2D eigenvalue weighted by Crippen LogP contribution is -2.38. The largest absolute Gasteiger partial charge is 0.493 e. The number of rotatable bonds is 12. The number of benzene rings is 1. The lowest BCUT2D eigenvalue weighted by atomic mass is 10.1. The van der Waals surface area contributed by atoms with E-state index in [2.05, 4.69) is 59.6 Å². The zero-order valence-corrected chi connectivity index (χ0v) is 17.1. The van der Waals surface area contributed by atoms with Crippen molar-refractivity contribution in [3.05, 3.63) is 29.3 Å². The van der Waals surface area contributed by atoms with E-state index in [1.54, 1.807) is 14.2 Å². The summed E-state index contributed by atoms with van der Waals surface area (Å²) in [4.78, 5) is 6.57. The first-order valence-electron chi connectivity index (χ1n) is 9.45. The Kier molecular flexibility index (Phi) is 11.5. The van der Waals surface area contributed by atoms with E-state index in [1.807, 2.05) is 0 Å². The van der Waals surface area contributed by atoms with Crippen molar-refractivity contribution < 1.29 is 9.47 Å². The summed E-state index contributed by atoms with van der Waals surface area (Å²) >= 11 is 0. The lowest BCUT2D eigenvalue weighted by Gasteiger charge is -2.17. The molecule has 0 amide bonds. The quantitative estimate of drug-likeness (QED) is 0.339. The van der Waals surface area contributed by atoms with Crippen molar-refractivity contribution in [3.8, 4) is 5.75 Å². The van der Waals surface area contributed by atoms with Crippen molar-refractivity contribution in [2.45, 2.75) is 33.2 Å². The number of nitrogens with one attached hydrogen (secondary N) is 2. The molecule has 0 saturated heterocycles. The highest BCUT2D eigenvalue weighted by Crippen LogP contribution is 2.20. The molecule has 0 fully saturated rings. The van der Waals surface area contributed by atoms with E-state index >= 15 is 0 Å². The molecular weight excluding hydrogens is 328 g/mol. The molecule has 26 heavy (non-hydrogen) atoms. The van der Waals surface area contributed by atoms with E-state index < -0.39 is 0 Å². The second kappa shape index (κ2) is 13.4. The van der Waals surface area contributed by atoms with E-state index in [1.165, 1.54) is 5.56 Å². The van der Waals surface area contributed by atoms with Crippen molar-refractivity contribution >= 4 is 5.96 Å². The SMILES string of the molecule is CCCOc1cc(C)ccc1CNC(=NC)NCCCN(C)CCOC. The van der Waals surface area contributed by atoms with Gasteiger partial charge in [-0.1, -0.05) is 19.1 Å². The number of methoxy groups -OCH3 is 1. The Morgan fingerprint density at radius 3 is 2.69 bits per heavy atom. The van der Waals surface area contributed by atoms with Crippen LogP contribution in [0.25, 0.3) is 0 Å². The van der Waals surface area contributed by atoms with Crippen LogP contribution in [0.3, 0.4) is 0 Å². The minimum Gasteiger partial charge on any atom is -0.493 e. The first kappa shape index (κ1) is 22.3. The number of aliphatic imine (C=N–C) groups is 1.